The van der Waals surface area contributed by atoms with Crippen LogP contribution in [0.15, 0.2) is 24.5 Å². The number of likely N-dealkylation sites (tertiary alicyclic amines) is 1. The number of nitrogens with zero attached hydrogens (tertiary/aromatic N) is 3. The molecule has 2 aliphatic rings. The van der Waals surface area contributed by atoms with Gasteiger partial charge in [0.25, 0.3) is 12.4 Å². The quantitative estimate of drug-likeness (QED) is 0.445. The normalized spacial score (nSPS) is 21.9. The highest BCUT2D eigenvalue weighted by atomic mass is 16.3. The van der Waals surface area contributed by atoms with Crippen molar-refractivity contribution in [3.05, 3.63) is 30.1 Å². The van der Waals surface area contributed by atoms with Gasteiger partial charge in [-0.2, -0.15) is 0 Å². The van der Waals surface area contributed by atoms with E-state index in [9.17, 15) is 19.5 Å². The molecule has 2 fully saturated rings. The van der Waals surface area contributed by atoms with Crippen molar-refractivity contribution in [1.29, 1.82) is 0 Å². The summed E-state index contributed by atoms with van der Waals surface area (Å²) in [4.78, 5) is 50.0. The number of hydrogen-bond acceptors (Lipinski definition) is 6. The van der Waals surface area contributed by atoms with E-state index in [0.717, 1.165) is 10.5 Å². The Morgan fingerprint density at radius 3 is 2.54 bits per heavy atom. The van der Waals surface area contributed by atoms with Gasteiger partial charge in [0.05, 0.1) is 12.6 Å². The van der Waals surface area contributed by atoms with Crippen LogP contribution in [-0.4, -0.2) is 81.6 Å². The van der Waals surface area contributed by atoms with E-state index in [0.29, 0.717) is 13.0 Å². The predicted octanol–water partition coefficient (Wildman–Crippen LogP) is -1.30. The number of amides is 4. The smallest absolute Gasteiger partial charge is 0.325 e. The van der Waals surface area contributed by atoms with Crippen molar-refractivity contribution < 1.29 is 29.4 Å². The molecular formula is C16H20N4O6. The molecule has 140 valence electrons. The van der Waals surface area contributed by atoms with Crippen LogP contribution in [0.25, 0.3) is 0 Å². The lowest BCUT2D eigenvalue weighted by atomic mass is 9.97. The van der Waals surface area contributed by atoms with Crippen LogP contribution in [0.1, 0.15) is 5.56 Å². The van der Waals surface area contributed by atoms with Crippen LogP contribution in [0.2, 0.25) is 0 Å². The minimum absolute atomic E-state index is 0.0653. The molecule has 10 nitrogen and oxygen atoms in total. The van der Waals surface area contributed by atoms with Gasteiger partial charge in [0.15, 0.2) is 0 Å². The first kappa shape index (κ1) is 19.3. The number of β-amino-alcohol motifs (C(OH)–C–C–N with tert-alkyl or cyclic N) is 1. The number of carboxylic acid groups (broad SMARTS) is 1. The van der Waals surface area contributed by atoms with Crippen LogP contribution >= 0.6 is 0 Å². The van der Waals surface area contributed by atoms with Crippen LogP contribution in [0.4, 0.5) is 4.79 Å². The lowest BCUT2D eigenvalue weighted by molar-refractivity contribution is -0.136. The molecule has 3 rings (SSSR count). The number of carbonyl (C=O) groups excluding carboxylic acids is 3. The molecule has 0 spiro atoms. The third-order valence-electron chi connectivity index (χ3n) is 4.24. The van der Waals surface area contributed by atoms with Gasteiger partial charge in [-0.15, -0.1) is 0 Å². The van der Waals surface area contributed by atoms with Crippen LogP contribution in [0.5, 0.6) is 0 Å². The molecule has 26 heavy (non-hydrogen) atoms. The van der Waals surface area contributed by atoms with Crippen molar-refractivity contribution in [3.8, 4) is 0 Å². The fourth-order valence-corrected chi connectivity index (χ4v) is 2.93. The minimum Gasteiger partial charge on any atom is -0.483 e. The van der Waals surface area contributed by atoms with E-state index in [1.54, 1.807) is 12.4 Å². The van der Waals surface area contributed by atoms with Gasteiger partial charge in [0.2, 0.25) is 5.91 Å². The van der Waals surface area contributed by atoms with Crippen molar-refractivity contribution in [2.75, 3.05) is 26.2 Å². The van der Waals surface area contributed by atoms with E-state index in [2.05, 4.69) is 10.3 Å². The first-order chi connectivity index (χ1) is 12.5. The minimum atomic E-state index is -0.616. The predicted molar refractivity (Wildman–Crippen MR) is 87.8 cm³/mol. The van der Waals surface area contributed by atoms with Crippen LogP contribution in [0, 0.1) is 5.92 Å². The molecular weight excluding hydrogens is 344 g/mol. The topological polar surface area (TPSA) is 140 Å². The summed E-state index contributed by atoms with van der Waals surface area (Å²) >= 11 is 0. The Morgan fingerprint density at radius 2 is 1.96 bits per heavy atom. The summed E-state index contributed by atoms with van der Waals surface area (Å²) in [6, 6.07) is 3.21. The zero-order valence-electron chi connectivity index (χ0n) is 13.9. The van der Waals surface area contributed by atoms with Gasteiger partial charge < -0.3 is 20.4 Å². The van der Waals surface area contributed by atoms with Gasteiger partial charge in [-0.25, -0.2) is 4.79 Å². The highest BCUT2D eigenvalue weighted by Gasteiger charge is 2.37. The molecule has 1 aromatic heterocycles. The number of rotatable bonds is 4. The third-order valence-corrected chi connectivity index (χ3v) is 4.24. The van der Waals surface area contributed by atoms with Gasteiger partial charge in [0.1, 0.15) is 6.54 Å². The Labute approximate surface area is 149 Å². The van der Waals surface area contributed by atoms with Crippen LogP contribution < -0.4 is 5.32 Å². The third kappa shape index (κ3) is 4.76. The van der Waals surface area contributed by atoms with Gasteiger partial charge >= 0.3 is 6.03 Å². The fraction of sp³-hybridized carbons (Fsp3) is 0.438. The molecule has 10 heteroatoms. The molecule has 0 radical (unpaired) electrons. The van der Waals surface area contributed by atoms with Crippen molar-refractivity contribution in [2.24, 2.45) is 5.92 Å². The summed E-state index contributed by atoms with van der Waals surface area (Å²) in [7, 11) is 0. The largest absolute Gasteiger partial charge is 0.483 e. The second-order valence-corrected chi connectivity index (χ2v) is 5.93. The number of carbonyl (C=O) groups is 4. The lowest BCUT2D eigenvalue weighted by Gasteiger charge is -2.19. The monoisotopic (exact) mass is 364 g/mol. The van der Waals surface area contributed by atoms with Gasteiger partial charge in [-0.1, -0.05) is 0 Å². The maximum absolute atomic E-state index is 12.3. The van der Waals surface area contributed by atoms with Gasteiger partial charge in [0, 0.05) is 31.4 Å². The first-order valence-electron chi connectivity index (χ1n) is 7.97. The molecule has 4 amide bonds. The molecule has 2 atom stereocenters. The molecule has 0 bridgehead atoms. The fourth-order valence-electron chi connectivity index (χ4n) is 2.93. The maximum Gasteiger partial charge on any atom is 0.325 e. The molecule has 0 unspecified atom stereocenters. The van der Waals surface area contributed by atoms with Gasteiger partial charge in [-0.05, 0) is 24.1 Å². The second kappa shape index (κ2) is 8.90. The van der Waals surface area contributed by atoms with E-state index >= 15 is 0 Å². The number of aromatic nitrogens is 1. The second-order valence-electron chi connectivity index (χ2n) is 5.93. The maximum atomic E-state index is 12.3. The number of pyridine rings is 1. The molecule has 0 aliphatic carbocycles. The van der Waals surface area contributed by atoms with E-state index in [1.807, 2.05) is 12.1 Å². The lowest BCUT2D eigenvalue weighted by Crippen LogP contribution is -2.42. The summed E-state index contributed by atoms with van der Waals surface area (Å²) in [6.07, 6.45) is 3.42. The highest BCUT2D eigenvalue weighted by Crippen LogP contribution is 2.21. The zero-order chi connectivity index (χ0) is 19.1. The summed E-state index contributed by atoms with van der Waals surface area (Å²) in [5, 5.41) is 19.4. The molecule has 3 heterocycles. The molecule has 0 saturated carbocycles. The summed E-state index contributed by atoms with van der Waals surface area (Å²) in [5.41, 5.74) is 1.05. The summed E-state index contributed by atoms with van der Waals surface area (Å²) < 4.78 is 0. The van der Waals surface area contributed by atoms with Crippen molar-refractivity contribution in [2.45, 2.75) is 12.5 Å². The van der Waals surface area contributed by atoms with E-state index in [-0.39, 0.29) is 37.9 Å². The number of imide groups is 1. The number of urea groups is 1. The first-order valence-corrected chi connectivity index (χ1v) is 7.97. The molecule has 3 N–H and O–H groups in total. The van der Waals surface area contributed by atoms with Crippen molar-refractivity contribution in [1.82, 2.24) is 20.1 Å². The highest BCUT2D eigenvalue weighted by molar-refractivity contribution is 6.04. The van der Waals surface area contributed by atoms with Crippen molar-refractivity contribution in [3.63, 3.8) is 0 Å². The Hall–Kier alpha value is -3.01. The number of aliphatic hydroxyl groups is 1. The van der Waals surface area contributed by atoms with Crippen LogP contribution in [-0.2, 0) is 20.8 Å². The molecule has 2 aliphatic heterocycles. The molecule has 0 aromatic carbocycles. The van der Waals surface area contributed by atoms with E-state index in [4.69, 9.17) is 9.90 Å². The van der Waals surface area contributed by atoms with E-state index in [1.165, 1.54) is 4.90 Å². The Kier molecular flexibility index (Phi) is 6.61. The summed E-state index contributed by atoms with van der Waals surface area (Å²) in [5.74, 6) is -0.799. The standard InChI is InChI=1S/C15H18N4O4.CH2O2/c20-12-8-18(7-11(12)5-10-1-3-16-4-2-10)14(22)9-19-13(21)6-17-15(19)23;2-1-3/h1-4,11-12,20H,5-9H2,(H,17,23);1H,(H,2,3)/t11-,12-;/m1./s1. The molecule has 1 aromatic rings. The Bertz CT molecular complexity index is 652. The SMILES string of the molecule is O=C(CN1C(=O)CNC1=O)N1C[C@@H](Cc2ccncc2)[C@H](O)C1.O=CO. The number of nitrogens with one attached hydrogen (secondary N) is 1. The average molecular weight is 364 g/mol. The van der Waals surface area contributed by atoms with Crippen LogP contribution in [0.3, 0.4) is 0 Å². The summed E-state index contributed by atoms with van der Waals surface area (Å²) in [6.45, 7) is 0.0307. The molecule has 2 saturated heterocycles. The zero-order valence-corrected chi connectivity index (χ0v) is 13.9. The number of hydrogen-bond donors (Lipinski definition) is 3. The Morgan fingerprint density at radius 1 is 1.31 bits per heavy atom. The Balaban J connectivity index is 0.000000758. The number of aliphatic hydroxyl groups excluding tert-OH is 1. The van der Waals surface area contributed by atoms with E-state index < -0.39 is 18.0 Å². The average Bonchev–Trinajstić information content (AvgIpc) is 3.14. The van der Waals surface area contributed by atoms with Gasteiger partial charge in [-0.3, -0.25) is 24.3 Å². The van der Waals surface area contributed by atoms with Crippen molar-refractivity contribution >= 4 is 24.3 Å².